The van der Waals surface area contributed by atoms with Crippen LogP contribution in [0.15, 0.2) is 102 Å². The zero-order valence-electron chi connectivity index (χ0n) is 17.4. The van der Waals surface area contributed by atoms with Gasteiger partial charge in [-0.3, -0.25) is 0 Å². The Bertz CT molecular complexity index is 1740. The molecule has 0 saturated carbocycles. The van der Waals surface area contributed by atoms with Gasteiger partial charge in [-0.25, -0.2) is 0 Å². The third-order valence-electron chi connectivity index (χ3n) is 4.88. The Kier molecular flexibility index (Phi) is 5.99. The van der Waals surface area contributed by atoms with Crippen LogP contribution in [-0.2, 0) is 12.6 Å². The van der Waals surface area contributed by atoms with E-state index in [-0.39, 0.29) is 11.2 Å². The van der Waals surface area contributed by atoms with E-state index >= 15 is 0 Å². The molecule has 0 spiro atoms. The minimum absolute atomic E-state index is 0.207. The standard InChI is InChI=1S/C24H13F2IO7S/c25-16-5-8-22(19(26)11-16)35(30,31)34-27(17-6-1-14-3-9-23(28)32-20(14)12-17)18-7-2-15-4-10-24(29)33-21(15)13-18/h1-13H. The molecular weight excluding hydrogens is 597 g/mol. The van der Waals surface area contributed by atoms with Crippen molar-refractivity contribution in [2.24, 2.45) is 0 Å². The second kappa shape index (κ2) is 8.98. The van der Waals surface area contributed by atoms with Crippen molar-refractivity contribution in [3.8, 4) is 0 Å². The average molecular weight is 610 g/mol. The van der Waals surface area contributed by atoms with Gasteiger partial charge in [0.15, 0.2) is 0 Å². The molecule has 0 unspecified atom stereocenters. The molecule has 35 heavy (non-hydrogen) atoms. The number of fused-ring (bicyclic) bond motifs is 2. The quantitative estimate of drug-likeness (QED) is 0.203. The van der Waals surface area contributed by atoms with Crippen LogP contribution in [-0.4, -0.2) is 8.42 Å². The normalized spacial score (nSPS) is 12.2. The van der Waals surface area contributed by atoms with Gasteiger partial charge in [0.25, 0.3) is 0 Å². The van der Waals surface area contributed by atoms with Crippen molar-refractivity contribution < 1.29 is 28.5 Å². The Morgan fingerprint density at radius 2 is 1.20 bits per heavy atom. The molecule has 0 amide bonds. The molecule has 7 nitrogen and oxygen atoms in total. The third kappa shape index (κ3) is 4.74. The van der Waals surface area contributed by atoms with Gasteiger partial charge in [-0.1, -0.05) is 0 Å². The fourth-order valence-corrected chi connectivity index (χ4v) is 10.3. The molecular formula is C24H13F2IO7S. The summed E-state index contributed by atoms with van der Waals surface area (Å²) in [6.45, 7) is 0. The van der Waals surface area contributed by atoms with Crippen LogP contribution in [0.3, 0.4) is 0 Å². The van der Waals surface area contributed by atoms with E-state index in [2.05, 4.69) is 0 Å². The van der Waals surface area contributed by atoms with Crippen molar-refractivity contribution in [2.45, 2.75) is 4.90 Å². The SMILES string of the molecule is O=c1ccc2ccc(I(OS(=O)(=O)c3ccc(F)cc3F)c3ccc4ccc(=O)oc4c3)cc2o1. The van der Waals surface area contributed by atoms with E-state index in [1.165, 1.54) is 24.3 Å². The molecule has 0 N–H and O–H groups in total. The minimum atomic E-state index is -4.68. The van der Waals surface area contributed by atoms with Crippen LogP contribution >= 0.6 is 20.2 Å². The van der Waals surface area contributed by atoms with E-state index in [1.54, 1.807) is 36.4 Å². The third-order valence-corrected chi connectivity index (χ3v) is 12.1. The van der Waals surface area contributed by atoms with Crippen LogP contribution in [0.4, 0.5) is 8.78 Å². The molecule has 2 aromatic heterocycles. The molecule has 0 aliphatic carbocycles. The first-order chi connectivity index (χ1) is 16.7. The molecule has 0 atom stereocenters. The van der Waals surface area contributed by atoms with Gasteiger partial charge in [0.1, 0.15) is 0 Å². The predicted molar refractivity (Wildman–Crippen MR) is 131 cm³/mol. The average Bonchev–Trinajstić information content (AvgIpc) is 2.81. The summed E-state index contributed by atoms with van der Waals surface area (Å²) in [5, 5.41) is 1.20. The molecule has 11 heteroatoms. The van der Waals surface area contributed by atoms with E-state index < -0.39 is 58.1 Å². The summed E-state index contributed by atoms with van der Waals surface area (Å²) in [7, 11) is -4.68. The van der Waals surface area contributed by atoms with E-state index in [4.69, 9.17) is 11.3 Å². The van der Waals surface area contributed by atoms with Crippen molar-refractivity contribution >= 4 is 52.3 Å². The van der Waals surface area contributed by atoms with Crippen molar-refractivity contribution in [3.63, 3.8) is 0 Å². The molecule has 0 aliphatic heterocycles. The van der Waals surface area contributed by atoms with Gasteiger partial charge in [-0.15, -0.1) is 0 Å². The molecule has 2 heterocycles. The number of halogens is 3. The topological polar surface area (TPSA) is 104 Å². The second-order valence-electron chi connectivity index (χ2n) is 7.21. The molecule has 0 aliphatic rings. The van der Waals surface area contributed by atoms with Crippen LogP contribution in [0.1, 0.15) is 0 Å². The monoisotopic (exact) mass is 610 g/mol. The Morgan fingerprint density at radius 1 is 0.686 bits per heavy atom. The number of hydrogen-bond donors (Lipinski definition) is 0. The molecule has 0 fully saturated rings. The molecule has 178 valence electrons. The summed E-state index contributed by atoms with van der Waals surface area (Å²) in [4.78, 5) is 22.6. The number of rotatable bonds is 5. The maximum absolute atomic E-state index is 14.3. The van der Waals surface area contributed by atoms with E-state index in [0.29, 0.717) is 24.0 Å². The number of benzene rings is 3. The van der Waals surface area contributed by atoms with Crippen LogP contribution in [0, 0.1) is 18.8 Å². The van der Waals surface area contributed by atoms with E-state index in [1.807, 2.05) is 0 Å². The Morgan fingerprint density at radius 3 is 1.71 bits per heavy atom. The van der Waals surface area contributed by atoms with Gasteiger partial charge < -0.3 is 0 Å². The summed E-state index contributed by atoms with van der Waals surface area (Å²) in [5.41, 5.74) is -0.772. The fourth-order valence-electron chi connectivity index (χ4n) is 3.28. The van der Waals surface area contributed by atoms with Gasteiger partial charge >= 0.3 is 204 Å². The summed E-state index contributed by atoms with van der Waals surface area (Å²) < 4.78 is 70.7. The first-order valence-corrected chi connectivity index (χ1v) is 14.3. The van der Waals surface area contributed by atoms with Crippen LogP contribution < -0.4 is 11.3 Å². The van der Waals surface area contributed by atoms with E-state index in [9.17, 15) is 26.8 Å². The van der Waals surface area contributed by atoms with Crippen molar-refractivity contribution in [2.75, 3.05) is 0 Å². The second-order valence-corrected chi connectivity index (χ2v) is 13.7. The predicted octanol–water partition coefficient (Wildman–Crippen LogP) is 5.04. The first-order valence-electron chi connectivity index (χ1n) is 9.87. The maximum atomic E-state index is 14.3. The van der Waals surface area contributed by atoms with Gasteiger partial charge in [-0.2, -0.15) is 0 Å². The summed E-state index contributed by atoms with van der Waals surface area (Å²) >= 11 is -3.43. The molecule has 0 bridgehead atoms. The Labute approximate surface area is 203 Å². The summed E-state index contributed by atoms with van der Waals surface area (Å²) in [5.74, 6) is -2.24. The molecule has 3 aromatic carbocycles. The van der Waals surface area contributed by atoms with Gasteiger partial charge in [0.05, 0.1) is 0 Å². The summed E-state index contributed by atoms with van der Waals surface area (Å²) in [6.07, 6.45) is 0. The number of hydrogen-bond acceptors (Lipinski definition) is 7. The van der Waals surface area contributed by atoms with Crippen molar-refractivity contribution in [1.29, 1.82) is 0 Å². The first kappa shape index (κ1) is 23.3. The zero-order chi connectivity index (χ0) is 24.7. The van der Waals surface area contributed by atoms with Crippen LogP contribution in [0.2, 0.25) is 0 Å². The van der Waals surface area contributed by atoms with Gasteiger partial charge in [0.2, 0.25) is 0 Å². The molecule has 5 aromatic rings. The van der Waals surface area contributed by atoms with Crippen molar-refractivity contribution in [1.82, 2.24) is 0 Å². The van der Waals surface area contributed by atoms with Crippen LogP contribution in [0.25, 0.3) is 21.9 Å². The van der Waals surface area contributed by atoms with E-state index in [0.717, 1.165) is 12.1 Å². The van der Waals surface area contributed by atoms with Crippen LogP contribution in [0.5, 0.6) is 0 Å². The zero-order valence-corrected chi connectivity index (χ0v) is 20.4. The van der Waals surface area contributed by atoms with Gasteiger partial charge in [-0.05, 0) is 0 Å². The van der Waals surface area contributed by atoms with Crippen molar-refractivity contribution in [3.05, 3.63) is 118 Å². The molecule has 0 radical (unpaired) electrons. The summed E-state index contributed by atoms with van der Waals surface area (Å²) in [6, 6.07) is 17.1. The molecule has 0 saturated heterocycles. The molecule has 5 rings (SSSR count). The fraction of sp³-hybridized carbons (Fsp3) is 0. The van der Waals surface area contributed by atoms with Gasteiger partial charge in [0, 0.05) is 0 Å². The Hall–Kier alpha value is -3.42. The Balaban J connectivity index is 1.68.